The number of aromatic nitrogens is 2. The van der Waals surface area contributed by atoms with Gasteiger partial charge in [0.05, 0.1) is 23.8 Å². The molecule has 0 fully saturated rings. The lowest BCUT2D eigenvalue weighted by Crippen LogP contribution is -2.51. The van der Waals surface area contributed by atoms with E-state index >= 15 is 0 Å². The number of carbonyl (C=O) groups is 2. The van der Waals surface area contributed by atoms with Crippen LogP contribution in [0.25, 0.3) is 0 Å². The quantitative estimate of drug-likeness (QED) is 0.550. The van der Waals surface area contributed by atoms with E-state index in [4.69, 9.17) is 10.5 Å². The van der Waals surface area contributed by atoms with E-state index in [1.165, 1.54) is 0 Å². The Labute approximate surface area is 188 Å². The summed E-state index contributed by atoms with van der Waals surface area (Å²) in [5.74, 6) is -0.610. The standard InChI is InChI=1S/C24H29N5O3/c1-24(2,3)32-23(31)29(27-19-12-8-5-9-13-19)22(30)21(25)14-20-16-28(17-26-20)15-18-10-6-4-7-11-18/h4-13,16-17,21,27H,14-15,25H2,1-3H3/t21-/m0/s1. The fourth-order valence-corrected chi connectivity index (χ4v) is 3.01. The summed E-state index contributed by atoms with van der Waals surface area (Å²) in [6.45, 7) is 5.86. The van der Waals surface area contributed by atoms with E-state index in [-0.39, 0.29) is 6.42 Å². The normalized spacial score (nSPS) is 12.1. The Morgan fingerprint density at radius 1 is 1.09 bits per heavy atom. The zero-order chi connectivity index (χ0) is 23.1. The van der Waals surface area contributed by atoms with Crippen molar-refractivity contribution in [2.45, 2.75) is 45.4 Å². The third kappa shape index (κ3) is 6.68. The third-order valence-electron chi connectivity index (χ3n) is 4.45. The van der Waals surface area contributed by atoms with Gasteiger partial charge in [-0.1, -0.05) is 48.5 Å². The number of anilines is 1. The molecule has 1 aromatic heterocycles. The minimum Gasteiger partial charge on any atom is -0.442 e. The molecule has 0 radical (unpaired) electrons. The van der Waals surface area contributed by atoms with Crippen LogP contribution in [0.15, 0.2) is 73.2 Å². The molecule has 0 aliphatic rings. The van der Waals surface area contributed by atoms with Gasteiger partial charge in [-0.25, -0.2) is 9.78 Å². The molecule has 32 heavy (non-hydrogen) atoms. The summed E-state index contributed by atoms with van der Waals surface area (Å²) in [5, 5.41) is 0.826. The van der Waals surface area contributed by atoms with Gasteiger partial charge in [0.15, 0.2) is 0 Å². The number of benzene rings is 2. The number of rotatable bonds is 7. The number of ether oxygens (including phenoxy) is 1. The van der Waals surface area contributed by atoms with Crippen molar-refractivity contribution in [2.75, 3.05) is 5.43 Å². The molecule has 1 heterocycles. The summed E-state index contributed by atoms with van der Waals surface area (Å²) >= 11 is 0. The van der Waals surface area contributed by atoms with Crippen LogP contribution in [-0.2, 0) is 22.5 Å². The lowest BCUT2D eigenvalue weighted by molar-refractivity contribution is -0.130. The number of imidazole rings is 1. The van der Waals surface area contributed by atoms with Crippen LogP contribution < -0.4 is 11.2 Å². The maximum absolute atomic E-state index is 13.1. The third-order valence-corrected chi connectivity index (χ3v) is 4.45. The molecule has 0 aliphatic heterocycles. The zero-order valence-corrected chi connectivity index (χ0v) is 18.6. The molecule has 8 nitrogen and oxygen atoms in total. The molecule has 0 aliphatic carbocycles. The number of carbonyl (C=O) groups excluding carboxylic acids is 2. The van der Waals surface area contributed by atoms with Crippen molar-refractivity contribution in [1.82, 2.24) is 14.6 Å². The van der Waals surface area contributed by atoms with Gasteiger partial charge in [-0.3, -0.25) is 10.2 Å². The van der Waals surface area contributed by atoms with E-state index in [0.717, 1.165) is 10.6 Å². The summed E-state index contributed by atoms with van der Waals surface area (Å²) in [6, 6.07) is 17.9. The molecule has 2 aromatic carbocycles. The predicted octanol–water partition coefficient (Wildman–Crippen LogP) is 3.59. The van der Waals surface area contributed by atoms with Crippen molar-refractivity contribution in [1.29, 1.82) is 0 Å². The molecule has 0 unspecified atom stereocenters. The molecular weight excluding hydrogens is 406 g/mol. The van der Waals surface area contributed by atoms with E-state index < -0.39 is 23.6 Å². The summed E-state index contributed by atoms with van der Waals surface area (Å²) in [4.78, 5) is 30.2. The Kier molecular flexibility index (Phi) is 7.27. The molecule has 0 spiro atoms. The first-order chi connectivity index (χ1) is 15.2. The zero-order valence-electron chi connectivity index (χ0n) is 18.6. The molecule has 3 aromatic rings. The molecule has 0 saturated carbocycles. The van der Waals surface area contributed by atoms with Gasteiger partial charge in [0.25, 0.3) is 5.91 Å². The van der Waals surface area contributed by atoms with Gasteiger partial charge in [-0.15, -0.1) is 0 Å². The highest BCUT2D eigenvalue weighted by atomic mass is 16.6. The van der Waals surface area contributed by atoms with Gasteiger partial charge >= 0.3 is 6.09 Å². The predicted molar refractivity (Wildman–Crippen MR) is 123 cm³/mol. The van der Waals surface area contributed by atoms with Gasteiger partial charge in [0, 0.05) is 19.2 Å². The lowest BCUT2D eigenvalue weighted by Gasteiger charge is -2.28. The Bertz CT molecular complexity index is 1030. The highest BCUT2D eigenvalue weighted by molar-refractivity contribution is 5.96. The second kappa shape index (κ2) is 10.1. The summed E-state index contributed by atoms with van der Waals surface area (Å²) < 4.78 is 7.32. The average molecular weight is 436 g/mol. The van der Waals surface area contributed by atoms with Crippen molar-refractivity contribution in [3.05, 3.63) is 84.4 Å². The van der Waals surface area contributed by atoms with Gasteiger partial charge < -0.3 is 15.0 Å². The Morgan fingerprint density at radius 2 is 1.72 bits per heavy atom. The highest BCUT2D eigenvalue weighted by Crippen LogP contribution is 2.14. The van der Waals surface area contributed by atoms with Crippen LogP contribution in [0.1, 0.15) is 32.0 Å². The minimum absolute atomic E-state index is 0.177. The molecule has 0 saturated heterocycles. The van der Waals surface area contributed by atoms with Crippen LogP contribution in [0.3, 0.4) is 0 Å². The average Bonchev–Trinajstić information content (AvgIpc) is 3.18. The molecule has 0 bridgehead atoms. The maximum Gasteiger partial charge on any atom is 0.436 e. The van der Waals surface area contributed by atoms with Crippen molar-refractivity contribution < 1.29 is 14.3 Å². The first-order valence-electron chi connectivity index (χ1n) is 10.4. The molecule has 1 atom stereocenters. The van der Waals surface area contributed by atoms with Crippen molar-refractivity contribution in [2.24, 2.45) is 5.73 Å². The van der Waals surface area contributed by atoms with Crippen LogP contribution in [0.4, 0.5) is 10.5 Å². The second-order valence-corrected chi connectivity index (χ2v) is 8.47. The number of nitrogens with two attached hydrogens (primary N) is 1. The molecule has 2 amide bonds. The fraction of sp³-hybridized carbons (Fsp3) is 0.292. The Morgan fingerprint density at radius 3 is 2.34 bits per heavy atom. The number of hydrazine groups is 1. The molecule has 3 N–H and O–H groups in total. The van der Waals surface area contributed by atoms with Crippen LogP contribution in [0, 0.1) is 0 Å². The van der Waals surface area contributed by atoms with Crippen LogP contribution in [0.5, 0.6) is 0 Å². The number of nitrogens with one attached hydrogen (secondary N) is 1. The highest BCUT2D eigenvalue weighted by Gasteiger charge is 2.31. The largest absolute Gasteiger partial charge is 0.442 e. The van der Waals surface area contributed by atoms with E-state index in [2.05, 4.69) is 10.4 Å². The second-order valence-electron chi connectivity index (χ2n) is 8.47. The van der Waals surface area contributed by atoms with Gasteiger partial charge in [0.2, 0.25) is 0 Å². The van der Waals surface area contributed by atoms with E-state index in [1.54, 1.807) is 51.4 Å². The van der Waals surface area contributed by atoms with Crippen LogP contribution in [0.2, 0.25) is 0 Å². The van der Waals surface area contributed by atoms with Crippen molar-refractivity contribution in [3.8, 4) is 0 Å². The number of amides is 2. The van der Waals surface area contributed by atoms with E-state index in [0.29, 0.717) is 17.9 Å². The summed E-state index contributed by atoms with van der Waals surface area (Å²) in [6.07, 6.45) is 2.91. The van der Waals surface area contributed by atoms with Crippen LogP contribution >= 0.6 is 0 Å². The van der Waals surface area contributed by atoms with Gasteiger partial charge in [-0.2, -0.15) is 5.01 Å². The number of hydrogen-bond donors (Lipinski definition) is 2. The van der Waals surface area contributed by atoms with Gasteiger partial charge in [0.1, 0.15) is 5.60 Å². The monoisotopic (exact) mass is 435 g/mol. The van der Waals surface area contributed by atoms with E-state index in [1.807, 2.05) is 47.2 Å². The molecule has 3 rings (SSSR count). The summed E-state index contributed by atoms with van der Waals surface area (Å²) in [7, 11) is 0. The maximum atomic E-state index is 13.1. The van der Waals surface area contributed by atoms with Crippen LogP contribution in [-0.4, -0.2) is 38.2 Å². The number of nitrogens with zero attached hydrogens (tertiary/aromatic N) is 3. The number of imide groups is 1. The lowest BCUT2D eigenvalue weighted by atomic mass is 10.1. The molecule has 168 valence electrons. The van der Waals surface area contributed by atoms with Crippen molar-refractivity contribution in [3.63, 3.8) is 0 Å². The molecule has 8 heteroatoms. The fourth-order valence-electron chi connectivity index (χ4n) is 3.01. The van der Waals surface area contributed by atoms with E-state index in [9.17, 15) is 9.59 Å². The smallest absolute Gasteiger partial charge is 0.436 e. The Balaban J connectivity index is 1.70. The minimum atomic E-state index is -0.987. The van der Waals surface area contributed by atoms with Gasteiger partial charge in [-0.05, 0) is 38.5 Å². The summed E-state index contributed by atoms with van der Waals surface area (Å²) in [5.41, 5.74) is 10.6. The SMILES string of the molecule is CC(C)(C)OC(=O)N(Nc1ccccc1)C(=O)[C@@H](N)Cc1cn(Cc2ccccc2)cn1. The number of hydrogen-bond acceptors (Lipinski definition) is 6. The Hall–Kier alpha value is -3.65. The van der Waals surface area contributed by atoms with Crippen molar-refractivity contribution >= 4 is 17.7 Å². The first-order valence-corrected chi connectivity index (χ1v) is 10.4. The first kappa shape index (κ1) is 23.0. The molecular formula is C24H29N5O3. The topological polar surface area (TPSA) is 102 Å². The number of para-hydroxylation sites is 1.